The van der Waals surface area contributed by atoms with Crippen molar-refractivity contribution in [1.29, 1.82) is 0 Å². The number of carbonyl (C=O) groups excluding carboxylic acids is 1. The van der Waals surface area contributed by atoms with E-state index in [2.05, 4.69) is 0 Å². The van der Waals surface area contributed by atoms with Gasteiger partial charge in [-0.1, -0.05) is 0 Å². The van der Waals surface area contributed by atoms with Crippen molar-refractivity contribution in [3.63, 3.8) is 0 Å². The Bertz CT molecular complexity index is 152. The summed E-state index contributed by atoms with van der Waals surface area (Å²) in [5.41, 5.74) is 0. The molecule has 0 N–H and O–H groups in total. The van der Waals surface area contributed by atoms with Crippen LogP contribution in [0.4, 0.5) is 0 Å². The minimum atomic E-state index is 0.182. The van der Waals surface area contributed by atoms with Crippen LogP contribution in [0.15, 0.2) is 0 Å². The summed E-state index contributed by atoms with van der Waals surface area (Å²) >= 11 is 0. The van der Waals surface area contributed by atoms with E-state index in [9.17, 15) is 4.79 Å². The van der Waals surface area contributed by atoms with Crippen LogP contribution in [0.5, 0.6) is 0 Å². The zero-order valence-corrected chi connectivity index (χ0v) is 7.99. The molecule has 4 nitrogen and oxygen atoms in total. The molecule has 1 saturated heterocycles. The van der Waals surface area contributed by atoms with E-state index in [4.69, 9.17) is 9.47 Å². The highest BCUT2D eigenvalue weighted by Gasteiger charge is 2.21. The van der Waals surface area contributed by atoms with Crippen molar-refractivity contribution >= 4 is 6.41 Å². The molecule has 0 aromatic carbocycles. The monoisotopic (exact) mass is 186 g/mol. The van der Waals surface area contributed by atoms with E-state index in [1.807, 2.05) is 13.3 Å². The molecule has 0 aliphatic carbocycles. The van der Waals surface area contributed by atoms with Crippen LogP contribution < -0.4 is 0 Å². The lowest BCUT2D eigenvalue weighted by Crippen LogP contribution is -2.22. The molecule has 1 fully saturated rings. The standard InChI is InChI=1S/C9H16NO3/c1-2-12-5-6-13-9-3-4-10(7-9)8-11/h9H,2-7H2,1H3. The van der Waals surface area contributed by atoms with Crippen LogP contribution in [0.25, 0.3) is 0 Å². The minimum absolute atomic E-state index is 0.182. The number of amides is 1. The Hall–Kier alpha value is -0.610. The SMILES string of the molecule is CCOCCOC1CCN([C]=O)C1. The van der Waals surface area contributed by atoms with Gasteiger partial charge in [0, 0.05) is 19.7 Å². The molecule has 1 aliphatic heterocycles. The van der Waals surface area contributed by atoms with Crippen molar-refractivity contribution < 1.29 is 14.3 Å². The summed E-state index contributed by atoms with van der Waals surface area (Å²) in [5.74, 6) is 0. The Labute approximate surface area is 78.8 Å². The molecule has 0 spiro atoms. The number of likely N-dealkylation sites (tertiary alicyclic amines) is 1. The van der Waals surface area contributed by atoms with Crippen molar-refractivity contribution in [2.45, 2.75) is 19.4 Å². The van der Waals surface area contributed by atoms with Crippen molar-refractivity contribution in [1.82, 2.24) is 4.90 Å². The Morgan fingerprint density at radius 3 is 3.00 bits per heavy atom. The van der Waals surface area contributed by atoms with Crippen LogP contribution in [-0.2, 0) is 14.3 Å². The van der Waals surface area contributed by atoms with Gasteiger partial charge in [-0.3, -0.25) is 4.79 Å². The highest BCUT2D eigenvalue weighted by atomic mass is 16.5. The van der Waals surface area contributed by atoms with Crippen LogP contribution >= 0.6 is 0 Å². The second-order valence-corrected chi connectivity index (χ2v) is 3.02. The number of nitrogens with zero attached hydrogens (tertiary/aromatic N) is 1. The largest absolute Gasteiger partial charge is 0.379 e. The first-order chi connectivity index (χ1) is 6.36. The summed E-state index contributed by atoms with van der Waals surface area (Å²) in [6.07, 6.45) is 2.97. The van der Waals surface area contributed by atoms with Gasteiger partial charge in [0.05, 0.1) is 19.3 Å². The maximum absolute atomic E-state index is 10.2. The quantitative estimate of drug-likeness (QED) is 0.555. The van der Waals surface area contributed by atoms with Crippen molar-refractivity contribution in [3.8, 4) is 0 Å². The highest BCUT2D eigenvalue weighted by Crippen LogP contribution is 2.10. The topological polar surface area (TPSA) is 38.8 Å². The van der Waals surface area contributed by atoms with Gasteiger partial charge in [-0.2, -0.15) is 0 Å². The average Bonchev–Trinajstić information content (AvgIpc) is 2.60. The summed E-state index contributed by atoms with van der Waals surface area (Å²) in [7, 11) is 0. The molecule has 4 heteroatoms. The molecule has 1 heterocycles. The van der Waals surface area contributed by atoms with E-state index < -0.39 is 0 Å². The van der Waals surface area contributed by atoms with E-state index in [0.717, 1.165) is 19.6 Å². The van der Waals surface area contributed by atoms with Gasteiger partial charge >= 0.3 is 6.41 Å². The summed E-state index contributed by atoms with van der Waals surface area (Å²) in [6.45, 7) is 5.38. The van der Waals surface area contributed by atoms with Crippen LogP contribution in [0, 0.1) is 0 Å². The molecule has 0 saturated carbocycles. The maximum atomic E-state index is 10.2. The number of hydrogen-bond acceptors (Lipinski definition) is 3. The predicted octanol–water partition coefficient (Wildman–Crippen LogP) is 0.181. The third-order valence-electron chi connectivity index (χ3n) is 2.06. The van der Waals surface area contributed by atoms with Gasteiger partial charge in [0.25, 0.3) is 0 Å². The average molecular weight is 186 g/mol. The van der Waals surface area contributed by atoms with Gasteiger partial charge in [-0.25, -0.2) is 0 Å². The van der Waals surface area contributed by atoms with E-state index >= 15 is 0 Å². The Kier molecular flexibility index (Phi) is 4.78. The first-order valence-electron chi connectivity index (χ1n) is 4.69. The molecule has 1 radical (unpaired) electrons. The molecule has 0 aromatic rings. The number of rotatable bonds is 6. The van der Waals surface area contributed by atoms with Crippen molar-refractivity contribution in [3.05, 3.63) is 0 Å². The summed E-state index contributed by atoms with van der Waals surface area (Å²) in [4.78, 5) is 11.9. The molecule has 0 bridgehead atoms. The molecular formula is C9H16NO3. The molecule has 1 aliphatic rings. The third kappa shape index (κ3) is 3.74. The predicted molar refractivity (Wildman–Crippen MR) is 48.1 cm³/mol. The van der Waals surface area contributed by atoms with Crippen LogP contribution in [0.3, 0.4) is 0 Å². The lowest BCUT2D eigenvalue weighted by atomic mass is 10.3. The van der Waals surface area contributed by atoms with Gasteiger partial charge < -0.3 is 14.4 Å². The first-order valence-corrected chi connectivity index (χ1v) is 4.69. The Balaban J connectivity index is 2.00. The number of hydrogen-bond donors (Lipinski definition) is 0. The lowest BCUT2D eigenvalue weighted by molar-refractivity contribution is 0.0139. The van der Waals surface area contributed by atoms with E-state index in [-0.39, 0.29) is 6.10 Å². The summed E-state index contributed by atoms with van der Waals surface area (Å²) in [5, 5.41) is 0. The van der Waals surface area contributed by atoms with Gasteiger partial charge in [-0.15, -0.1) is 0 Å². The lowest BCUT2D eigenvalue weighted by Gasteiger charge is -2.11. The van der Waals surface area contributed by atoms with Crippen molar-refractivity contribution in [2.24, 2.45) is 0 Å². The molecule has 1 unspecified atom stereocenters. The zero-order valence-electron chi connectivity index (χ0n) is 7.99. The molecule has 1 amide bonds. The highest BCUT2D eigenvalue weighted by molar-refractivity contribution is 5.48. The van der Waals surface area contributed by atoms with E-state index in [0.29, 0.717) is 19.8 Å². The molecule has 75 valence electrons. The summed E-state index contributed by atoms with van der Waals surface area (Å²) in [6, 6.07) is 0. The third-order valence-corrected chi connectivity index (χ3v) is 2.06. The molecule has 1 rings (SSSR count). The molecule has 1 atom stereocenters. The maximum Gasteiger partial charge on any atom is 0.312 e. The normalized spacial score (nSPS) is 22.2. The molecule has 13 heavy (non-hydrogen) atoms. The first kappa shape index (κ1) is 10.5. The van der Waals surface area contributed by atoms with Crippen LogP contribution in [-0.4, -0.2) is 50.3 Å². The Morgan fingerprint density at radius 1 is 1.54 bits per heavy atom. The fourth-order valence-corrected chi connectivity index (χ4v) is 1.37. The van der Waals surface area contributed by atoms with Gasteiger partial charge in [0.1, 0.15) is 0 Å². The number of ether oxygens (including phenoxy) is 2. The van der Waals surface area contributed by atoms with Gasteiger partial charge in [0.2, 0.25) is 0 Å². The molecule has 0 aromatic heterocycles. The minimum Gasteiger partial charge on any atom is -0.379 e. The smallest absolute Gasteiger partial charge is 0.312 e. The van der Waals surface area contributed by atoms with Gasteiger partial charge in [-0.05, 0) is 13.3 Å². The van der Waals surface area contributed by atoms with Crippen LogP contribution in [0.2, 0.25) is 0 Å². The fraction of sp³-hybridized carbons (Fsp3) is 0.889. The summed E-state index contributed by atoms with van der Waals surface area (Å²) < 4.78 is 10.6. The van der Waals surface area contributed by atoms with Gasteiger partial charge in [0.15, 0.2) is 0 Å². The van der Waals surface area contributed by atoms with E-state index in [1.54, 1.807) is 4.90 Å². The van der Waals surface area contributed by atoms with Crippen LogP contribution in [0.1, 0.15) is 13.3 Å². The molecular weight excluding hydrogens is 170 g/mol. The van der Waals surface area contributed by atoms with Crippen molar-refractivity contribution in [2.75, 3.05) is 32.9 Å². The van der Waals surface area contributed by atoms with E-state index in [1.165, 1.54) is 0 Å². The second kappa shape index (κ2) is 5.94. The zero-order chi connectivity index (χ0) is 9.52. The second-order valence-electron chi connectivity index (χ2n) is 3.02. The Morgan fingerprint density at radius 2 is 2.38 bits per heavy atom. The fourth-order valence-electron chi connectivity index (χ4n) is 1.37.